The lowest BCUT2D eigenvalue weighted by Crippen LogP contribution is -2.63. The number of amides is 1. The van der Waals surface area contributed by atoms with E-state index in [1.807, 2.05) is 29.9 Å². The lowest BCUT2D eigenvalue weighted by atomic mass is 9.61. The summed E-state index contributed by atoms with van der Waals surface area (Å²) in [5.41, 5.74) is 0.752. The molecule has 4 rings (SSSR count). The first-order valence-corrected chi connectivity index (χ1v) is 8.29. The molecule has 0 aromatic carbocycles. The van der Waals surface area contributed by atoms with E-state index in [-0.39, 0.29) is 5.91 Å². The van der Waals surface area contributed by atoms with Crippen LogP contribution >= 0.6 is 0 Å². The number of hydrogen-bond acceptors (Lipinski definition) is 2. The van der Waals surface area contributed by atoms with Crippen molar-refractivity contribution in [3.05, 3.63) is 24.0 Å². The molecule has 2 heterocycles. The Labute approximate surface area is 125 Å². The summed E-state index contributed by atoms with van der Waals surface area (Å²) in [6, 6.07) is 4.13. The Balaban J connectivity index is 1.50. The molecule has 2 saturated carbocycles. The molecular formula is C17H24N2O2. The number of nitrogens with one attached hydrogen (secondary N) is 1. The Bertz CT molecular complexity index is 528. The first kappa shape index (κ1) is 13.4. The van der Waals surface area contributed by atoms with Gasteiger partial charge in [0.15, 0.2) is 0 Å². The summed E-state index contributed by atoms with van der Waals surface area (Å²) in [6.07, 6.45) is 8.75. The molecule has 1 saturated heterocycles. The van der Waals surface area contributed by atoms with Gasteiger partial charge in [0.2, 0.25) is 0 Å². The van der Waals surface area contributed by atoms with Gasteiger partial charge in [0.1, 0.15) is 5.69 Å². The van der Waals surface area contributed by atoms with Gasteiger partial charge in [-0.2, -0.15) is 0 Å². The molecule has 4 nitrogen and oxygen atoms in total. The van der Waals surface area contributed by atoms with Gasteiger partial charge in [-0.05, 0) is 24.5 Å². The number of fused-ring (bicyclic) bond motifs is 1. The largest absolute Gasteiger partial charge is 0.377 e. The van der Waals surface area contributed by atoms with E-state index in [4.69, 9.17) is 4.74 Å². The molecule has 0 bridgehead atoms. The van der Waals surface area contributed by atoms with E-state index < -0.39 is 0 Å². The number of aryl methyl sites for hydroxylation is 1. The molecular weight excluding hydrogens is 264 g/mol. The second-order valence-corrected chi connectivity index (χ2v) is 6.91. The summed E-state index contributed by atoms with van der Waals surface area (Å²) in [7, 11) is 1.92. The maximum atomic E-state index is 12.5. The molecule has 0 unspecified atom stereocenters. The minimum absolute atomic E-state index is 0.0702. The van der Waals surface area contributed by atoms with E-state index in [9.17, 15) is 4.79 Å². The van der Waals surface area contributed by atoms with E-state index in [0.717, 1.165) is 24.6 Å². The van der Waals surface area contributed by atoms with Crippen LogP contribution in [-0.2, 0) is 11.8 Å². The van der Waals surface area contributed by atoms with Gasteiger partial charge in [0.25, 0.3) is 5.91 Å². The van der Waals surface area contributed by atoms with E-state index in [1.165, 1.54) is 25.7 Å². The van der Waals surface area contributed by atoms with Gasteiger partial charge in [-0.1, -0.05) is 25.7 Å². The summed E-state index contributed by atoms with van der Waals surface area (Å²) < 4.78 is 7.84. The monoisotopic (exact) mass is 288 g/mol. The average molecular weight is 288 g/mol. The Morgan fingerprint density at radius 3 is 2.86 bits per heavy atom. The maximum Gasteiger partial charge on any atom is 0.268 e. The zero-order valence-corrected chi connectivity index (χ0v) is 12.6. The van der Waals surface area contributed by atoms with Crippen LogP contribution in [0.1, 0.15) is 42.6 Å². The second-order valence-electron chi connectivity index (χ2n) is 6.91. The molecule has 1 N–H and O–H groups in total. The third kappa shape index (κ3) is 2.11. The average Bonchev–Trinajstić information content (AvgIpc) is 3.17. The summed E-state index contributed by atoms with van der Waals surface area (Å²) in [4.78, 5) is 12.5. The van der Waals surface area contributed by atoms with Crippen molar-refractivity contribution in [1.82, 2.24) is 9.88 Å². The van der Waals surface area contributed by atoms with Gasteiger partial charge in [0, 0.05) is 37.7 Å². The number of carbonyl (C=O) groups is 1. The molecule has 114 valence electrons. The van der Waals surface area contributed by atoms with Crippen LogP contribution in [0.2, 0.25) is 0 Å². The minimum atomic E-state index is 0.0702. The second kappa shape index (κ2) is 5.16. The van der Waals surface area contributed by atoms with Crippen LogP contribution < -0.4 is 5.32 Å². The SMILES string of the molecule is Cn1cccc1C(=O)N[C@H]1[C@@H]2CCO[C@@H]2[C@@H]1C1CCCC1. The molecule has 3 aliphatic rings. The topological polar surface area (TPSA) is 43.3 Å². The molecule has 1 amide bonds. The fourth-order valence-corrected chi connectivity index (χ4v) is 4.78. The quantitative estimate of drug-likeness (QED) is 0.928. The summed E-state index contributed by atoms with van der Waals surface area (Å²) in [5, 5.41) is 3.32. The molecule has 4 atom stereocenters. The van der Waals surface area contributed by atoms with Gasteiger partial charge in [-0.15, -0.1) is 0 Å². The van der Waals surface area contributed by atoms with Gasteiger partial charge in [0.05, 0.1) is 6.10 Å². The van der Waals surface area contributed by atoms with Crippen molar-refractivity contribution in [2.75, 3.05) is 6.61 Å². The number of ether oxygens (including phenoxy) is 1. The molecule has 4 heteroatoms. The molecule has 0 spiro atoms. The fourth-order valence-electron chi connectivity index (χ4n) is 4.78. The highest BCUT2D eigenvalue weighted by Gasteiger charge is 2.57. The van der Waals surface area contributed by atoms with E-state index in [1.54, 1.807) is 0 Å². The van der Waals surface area contributed by atoms with Crippen LogP contribution in [0, 0.1) is 17.8 Å². The van der Waals surface area contributed by atoms with Crippen LogP contribution in [0.3, 0.4) is 0 Å². The number of nitrogens with zero attached hydrogens (tertiary/aromatic N) is 1. The Hall–Kier alpha value is -1.29. The van der Waals surface area contributed by atoms with Crippen LogP contribution in [0.5, 0.6) is 0 Å². The summed E-state index contributed by atoms with van der Waals surface area (Å²) >= 11 is 0. The first-order chi connectivity index (χ1) is 10.3. The lowest BCUT2D eigenvalue weighted by Gasteiger charge is -2.50. The van der Waals surface area contributed by atoms with Crippen molar-refractivity contribution >= 4 is 5.91 Å². The normalized spacial score (nSPS) is 35.5. The third-order valence-electron chi connectivity index (χ3n) is 5.86. The first-order valence-electron chi connectivity index (χ1n) is 8.29. The molecule has 1 aliphatic heterocycles. The van der Waals surface area contributed by atoms with Crippen molar-refractivity contribution in [2.45, 2.75) is 44.2 Å². The third-order valence-corrected chi connectivity index (χ3v) is 5.86. The zero-order chi connectivity index (χ0) is 14.4. The zero-order valence-electron chi connectivity index (χ0n) is 12.6. The van der Waals surface area contributed by atoms with Gasteiger partial charge < -0.3 is 14.6 Å². The standard InChI is InChI=1S/C17H24N2O2/c1-19-9-4-7-13(19)17(20)18-15-12-8-10-21-16(12)14(15)11-5-2-3-6-11/h4,7,9,11-12,14-16H,2-3,5-6,8,10H2,1H3,(H,18,20)/t12-,14+,15-,16-/m0/s1. The lowest BCUT2D eigenvalue weighted by molar-refractivity contribution is -0.0785. The Morgan fingerprint density at radius 1 is 1.33 bits per heavy atom. The Kier molecular flexibility index (Phi) is 3.29. The van der Waals surface area contributed by atoms with Crippen LogP contribution in [0.25, 0.3) is 0 Å². The molecule has 0 radical (unpaired) electrons. The van der Waals surface area contributed by atoms with E-state index in [2.05, 4.69) is 5.32 Å². The van der Waals surface area contributed by atoms with Gasteiger partial charge in [-0.3, -0.25) is 4.79 Å². The van der Waals surface area contributed by atoms with Crippen molar-refractivity contribution in [3.8, 4) is 0 Å². The van der Waals surface area contributed by atoms with Crippen LogP contribution in [-0.4, -0.2) is 29.2 Å². The number of hydrogen-bond donors (Lipinski definition) is 1. The minimum Gasteiger partial charge on any atom is -0.377 e. The highest BCUT2D eigenvalue weighted by atomic mass is 16.5. The fraction of sp³-hybridized carbons (Fsp3) is 0.706. The van der Waals surface area contributed by atoms with Crippen molar-refractivity contribution in [2.24, 2.45) is 24.8 Å². The molecule has 1 aromatic heterocycles. The molecule has 3 fully saturated rings. The van der Waals surface area contributed by atoms with Crippen molar-refractivity contribution in [3.63, 3.8) is 0 Å². The van der Waals surface area contributed by atoms with Gasteiger partial charge >= 0.3 is 0 Å². The maximum absolute atomic E-state index is 12.5. The summed E-state index contributed by atoms with van der Waals surface area (Å²) in [6.45, 7) is 0.870. The van der Waals surface area contributed by atoms with Crippen LogP contribution in [0.15, 0.2) is 18.3 Å². The number of rotatable bonds is 3. The smallest absolute Gasteiger partial charge is 0.268 e. The molecule has 2 aliphatic carbocycles. The van der Waals surface area contributed by atoms with Crippen molar-refractivity contribution in [1.29, 1.82) is 0 Å². The molecule has 1 aromatic rings. The predicted molar refractivity (Wildman–Crippen MR) is 80.0 cm³/mol. The van der Waals surface area contributed by atoms with E-state index >= 15 is 0 Å². The Morgan fingerprint density at radius 2 is 2.14 bits per heavy atom. The molecule has 21 heavy (non-hydrogen) atoms. The highest BCUT2D eigenvalue weighted by Crippen LogP contribution is 2.51. The van der Waals surface area contributed by atoms with Crippen LogP contribution in [0.4, 0.5) is 0 Å². The predicted octanol–water partition coefficient (Wildman–Crippen LogP) is 2.35. The number of carbonyl (C=O) groups excluding carboxylic acids is 1. The van der Waals surface area contributed by atoms with E-state index in [0.29, 0.717) is 24.0 Å². The summed E-state index contributed by atoms with van der Waals surface area (Å²) in [5.74, 6) is 1.91. The highest BCUT2D eigenvalue weighted by molar-refractivity contribution is 5.93. The number of aromatic nitrogens is 1. The van der Waals surface area contributed by atoms with Crippen molar-refractivity contribution < 1.29 is 9.53 Å². The van der Waals surface area contributed by atoms with Gasteiger partial charge in [-0.25, -0.2) is 0 Å².